The third-order valence-corrected chi connectivity index (χ3v) is 3.79. The number of hydrogen-bond acceptors (Lipinski definition) is 1. The molecule has 1 aliphatic rings. The van der Waals surface area contributed by atoms with E-state index < -0.39 is 0 Å². The minimum atomic E-state index is 0.321. The summed E-state index contributed by atoms with van der Waals surface area (Å²) in [5, 5.41) is 0. The van der Waals surface area contributed by atoms with Crippen molar-refractivity contribution in [3.05, 3.63) is 65.7 Å². The van der Waals surface area contributed by atoms with E-state index in [4.69, 9.17) is 0 Å². The summed E-state index contributed by atoms with van der Waals surface area (Å²) in [7, 11) is 0. The summed E-state index contributed by atoms with van der Waals surface area (Å²) >= 11 is 0. The van der Waals surface area contributed by atoms with Crippen molar-refractivity contribution in [3.8, 4) is 11.1 Å². The molecular weight excluding hydrogens is 244 g/mol. The maximum atomic E-state index is 11.9. The predicted octanol–water partition coefficient (Wildman–Crippen LogP) is 4.88. The Labute approximate surface area is 120 Å². The molecule has 2 aromatic rings. The Balaban J connectivity index is 1.92. The first-order chi connectivity index (χ1) is 9.83. The molecule has 100 valence electrons. The summed E-state index contributed by atoms with van der Waals surface area (Å²) in [4.78, 5) is 11.9. The smallest absolute Gasteiger partial charge is 0.158 e. The number of carbonyl (C=O) groups is 1. The number of hydrogen-bond donors (Lipinski definition) is 0. The average Bonchev–Trinajstić information content (AvgIpc) is 2.51. The fourth-order valence-corrected chi connectivity index (χ4v) is 2.69. The van der Waals surface area contributed by atoms with Gasteiger partial charge in [0.05, 0.1) is 0 Å². The van der Waals surface area contributed by atoms with Gasteiger partial charge >= 0.3 is 0 Å². The highest BCUT2D eigenvalue weighted by atomic mass is 16.1. The van der Waals surface area contributed by atoms with Gasteiger partial charge in [-0.05, 0) is 53.7 Å². The van der Waals surface area contributed by atoms with Crippen LogP contribution in [0.2, 0.25) is 0 Å². The molecule has 1 nitrogen and oxygen atoms in total. The Bertz CT molecular complexity index is 638. The van der Waals surface area contributed by atoms with Gasteiger partial charge in [0, 0.05) is 6.42 Å². The number of allylic oxidation sites excluding steroid dienone is 1. The molecule has 1 heteroatoms. The van der Waals surface area contributed by atoms with Crippen LogP contribution in [0.5, 0.6) is 0 Å². The molecule has 1 saturated carbocycles. The minimum absolute atomic E-state index is 0.321. The molecule has 0 atom stereocenters. The number of ketones is 1. The van der Waals surface area contributed by atoms with E-state index in [9.17, 15) is 4.79 Å². The molecule has 0 unspecified atom stereocenters. The summed E-state index contributed by atoms with van der Waals surface area (Å²) in [6.45, 7) is 0. The van der Waals surface area contributed by atoms with Gasteiger partial charge in [-0.15, -0.1) is 0 Å². The average molecular weight is 262 g/mol. The molecule has 1 aliphatic carbocycles. The molecule has 2 aromatic carbocycles. The van der Waals surface area contributed by atoms with Crippen molar-refractivity contribution in [1.82, 2.24) is 0 Å². The highest BCUT2D eigenvalue weighted by Gasteiger charge is 2.14. The summed E-state index contributed by atoms with van der Waals surface area (Å²) in [6, 6.07) is 18.7. The van der Waals surface area contributed by atoms with Gasteiger partial charge in [0.1, 0.15) is 0 Å². The van der Waals surface area contributed by atoms with Crippen LogP contribution in [0.15, 0.2) is 60.2 Å². The maximum Gasteiger partial charge on any atom is 0.158 e. The Morgan fingerprint density at radius 3 is 2.35 bits per heavy atom. The second-order valence-electron chi connectivity index (χ2n) is 5.29. The molecule has 0 N–H and O–H groups in total. The van der Waals surface area contributed by atoms with Crippen LogP contribution < -0.4 is 0 Å². The molecular formula is C19H18O. The van der Waals surface area contributed by atoms with E-state index in [1.165, 1.54) is 11.1 Å². The molecule has 0 spiro atoms. The Morgan fingerprint density at radius 2 is 1.55 bits per heavy atom. The van der Waals surface area contributed by atoms with Crippen LogP contribution in [0, 0.1) is 0 Å². The van der Waals surface area contributed by atoms with Gasteiger partial charge in [-0.2, -0.15) is 0 Å². The molecule has 20 heavy (non-hydrogen) atoms. The zero-order valence-electron chi connectivity index (χ0n) is 11.5. The summed E-state index contributed by atoms with van der Waals surface area (Å²) in [5.74, 6) is 0.321. The molecule has 3 rings (SSSR count). The van der Waals surface area contributed by atoms with E-state index >= 15 is 0 Å². The molecule has 0 heterocycles. The van der Waals surface area contributed by atoms with Crippen molar-refractivity contribution in [2.45, 2.75) is 25.7 Å². The third kappa shape index (κ3) is 2.88. The van der Waals surface area contributed by atoms with Crippen LogP contribution in [-0.2, 0) is 4.79 Å². The first-order valence-electron chi connectivity index (χ1n) is 7.22. The Hall–Kier alpha value is -2.15. The lowest BCUT2D eigenvalue weighted by Gasteiger charge is -2.12. The number of Topliss-reactive ketones (excluding diaryl/α,β-unsaturated/α-hetero) is 1. The van der Waals surface area contributed by atoms with Gasteiger partial charge in [-0.3, -0.25) is 4.79 Å². The van der Waals surface area contributed by atoms with Crippen LogP contribution >= 0.6 is 0 Å². The van der Waals surface area contributed by atoms with Crippen LogP contribution in [-0.4, -0.2) is 5.78 Å². The predicted molar refractivity (Wildman–Crippen MR) is 83.3 cm³/mol. The van der Waals surface area contributed by atoms with Crippen molar-refractivity contribution in [3.63, 3.8) is 0 Å². The first kappa shape index (κ1) is 12.9. The second-order valence-corrected chi connectivity index (χ2v) is 5.29. The van der Waals surface area contributed by atoms with Crippen molar-refractivity contribution in [2.24, 2.45) is 0 Å². The largest absolute Gasteiger partial charge is 0.295 e. The summed E-state index contributed by atoms with van der Waals surface area (Å²) in [5.41, 5.74) is 4.52. The highest BCUT2D eigenvalue weighted by molar-refractivity contribution is 6.00. The Morgan fingerprint density at radius 1 is 0.800 bits per heavy atom. The van der Waals surface area contributed by atoms with E-state index in [0.717, 1.165) is 30.4 Å². The van der Waals surface area contributed by atoms with Gasteiger partial charge in [0.25, 0.3) is 0 Å². The van der Waals surface area contributed by atoms with Crippen molar-refractivity contribution in [2.75, 3.05) is 0 Å². The highest BCUT2D eigenvalue weighted by Crippen LogP contribution is 2.25. The van der Waals surface area contributed by atoms with Crippen LogP contribution in [0.4, 0.5) is 0 Å². The molecule has 0 amide bonds. The number of carbonyl (C=O) groups excluding carboxylic acids is 1. The fourth-order valence-electron chi connectivity index (χ4n) is 2.69. The lowest BCUT2D eigenvalue weighted by Crippen LogP contribution is -2.07. The fraction of sp³-hybridized carbons (Fsp3) is 0.211. The number of benzene rings is 2. The van der Waals surface area contributed by atoms with Crippen molar-refractivity contribution < 1.29 is 4.79 Å². The van der Waals surface area contributed by atoms with Crippen molar-refractivity contribution in [1.29, 1.82) is 0 Å². The molecule has 0 saturated heterocycles. The van der Waals surface area contributed by atoms with E-state index in [0.29, 0.717) is 12.2 Å². The molecule has 1 fully saturated rings. The van der Waals surface area contributed by atoms with Gasteiger partial charge in [0.2, 0.25) is 0 Å². The summed E-state index contributed by atoms with van der Waals surface area (Å²) in [6.07, 6.45) is 5.88. The number of rotatable bonds is 2. The monoisotopic (exact) mass is 262 g/mol. The van der Waals surface area contributed by atoms with E-state index in [2.05, 4.69) is 42.5 Å². The lowest BCUT2D eigenvalue weighted by atomic mass is 9.91. The van der Waals surface area contributed by atoms with Crippen LogP contribution in [0.3, 0.4) is 0 Å². The SMILES string of the molecule is O=C1CCCCC1=Cc1cccc(-c2ccccc2)c1. The quantitative estimate of drug-likeness (QED) is 0.705. The first-order valence-corrected chi connectivity index (χ1v) is 7.22. The third-order valence-electron chi connectivity index (χ3n) is 3.79. The van der Waals surface area contributed by atoms with Crippen molar-refractivity contribution >= 4 is 11.9 Å². The minimum Gasteiger partial charge on any atom is -0.295 e. The van der Waals surface area contributed by atoms with E-state index in [-0.39, 0.29) is 0 Å². The summed E-state index contributed by atoms with van der Waals surface area (Å²) < 4.78 is 0. The molecule has 0 bridgehead atoms. The normalized spacial score (nSPS) is 17.4. The molecule has 0 aliphatic heterocycles. The molecule has 0 radical (unpaired) electrons. The Kier molecular flexibility index (Phi) is 3.78. The van der Waals surface area contributed by atoms with Crippen LogP contribution in [0.1, 0.15) is 31.2 Å². The zero-order chi connectivity index (χ0) is 13.8. The lowest BCUT2D eigenvalue weighted by molar-refractivity contribution is -0.116. The van der Waals surface area contributed by atoms with Gasteiger partial charge in [-0.25, -0.2) is 0 Å². The van der Waals surface area contributed by atoms with Crippen LogP contribution in [0.25, 0.3) is 17.2 Å². The maximum absolute atomic E-state index is 11.9. The van der Waals surface area contributed by atoms with Gasteiger partial charge in [0.15, 0.2) is 5.78 Å². The van der Waals surface area contributed by atoms with E-state index in [1.807, 2.05) is 18.2 Å². The van der Waals surface area contributed by atoms with Gasteiger partial charge in [-0.1, -0.05) is 48.5 Å². The standard InChI is InChI=1S/C19H18O/c20-19-12-5-4-10-18(19)14-15-7-6-11-17(13-15)16-8-2-1-3-9-16/h1-3,6-9,11,13-14H,4-5,10,12H2. The zero-order valence-corrected chi connectivity index (χ0v) is 11.5. The second kappa shape index (κ2) is 5.87. The topological polar surface area (TPSA) is 17.1 Å². The molecule has 0 aromatic heterocycles. The van der Waals surface area contributed by atoms with Gasteiger partial charge < -0.3 is 0 Å². The van der Waals surface area contributed by atoms with E-state index in [1.54, 1.807) is 0 Å².